The molecule has 1 aromatic carbocycles. The summed E-state index contributed by atoms with van der Waals surface area (Å²) in [5.74, 6) is -0.674. The van der Waals surface area contributed by atoms with Gasteiger partial charge in [0, 0.05) is 44.9 Å². The highest BCUT2D eigenvalue weighted by molar-refractivity contribution is 6.21. The van der Waals surface area contributed by atoms with Crippen molar-refractivity contribution in [2.45, 2.75) is 13.0 Å². The molecular formula is C19H20N4O4. The number of anilines is 1. The second-order valence-corrected chi connectivity index (χ2v) is 6.03. The van der Waals surface area contributed by atoms with E-state index in [1.54, 1.807) is 43.8 Å². The summed E-state index contributed by atoms with van der Waals surface area (Å²) in [6.07, 6.45) is 3.87. The van der Waals surface area contributed by atoms with Crippen molar-refractivity contribution in [3.63, 3.8) is 0 Å². The highest BCUT2D eigenvalue weighted by Gasteiger charge is 2.35. The summed E-state index contributed by atoms with van der Waals surface area (Å²) >= 11 is 0. The Morgan fingerprint density at radius 2 is 1.85 bits per heavy atom. The van der Waals surface area contributed by atoms with Crippen LogP contribution in [-0.2, 0) is 11.3 Å². The molecule has 0 fully saturated rings. The van der Waals surface area contributed by atoms with E-state index < -0.39 is 6.03 Å². The minimum atomic E-state index is -0.402. The number of pyridine rings is 1. The molecule has 0 saturated heterocycles. The van der Waals surface area contributed by atoms with Crippen molar-refractivity contribution in [2.24, 2.45) is 0 Å². The Morgan fingerprint density at radius 1 is 1.11 bits per heavy atom. The topological polar surface area (TPSA) is 101 Å². The first-order valence-electron chi connectivity index (χ1n) is 8.53. The number of fused-ring (bicyclic) bond motifs is 1. The summed E-state index contributed by atoms with van der Waals surface area (Å²) in [6.45, 7) is 1.12. The molecule has 0 bridgehead atoms. The van der Waals surface area contributed by atoms with Crippen molar-refractivity contribution in [3.05, 3.63) is 59.4 Å². The van der Waals surface area contributed by atoms with Gasteiger partial charge in [0.2, 0.25) is 0 Å². The zero-order valence-electron chi connectivity index (χ0n) is 14.9. The Kier molecular flexibility index (Phi) is 5.77. The highest BCUT2D eigenvalue weighted by Crippen LogP contribution is 2.26. The second kappa shape index (κ2) is 8.41. The van der Waals surface area contributed by atoms with E-state index in [4.69, 9.17) is 4.74 Å². The van der Waals surface area contributed by atoms with Crippen LogP contribution < -0.4 is 10.6 Å². The zero-order valence-corrected chi connectivity index (χ0v) is 14.9. The van der Waals surface area contributed by atoms with Crippen LogP contribution in [-0.4, -0.2) is 48.0 Å². The first-order chi connectivity index (χ1) is 13.1. The van der Waals surface area contributed by atoms with Crippen LogP contribution in [0.2, 0.25) is 0 Å². The number of hydrogen-bond acceptors (Lipinski definition) is 5. The molecule has 0 unspecified atom stereocenters. The number of imide groups is 1. The van der Waals surface area contributed by atoms with Gasteiger partial charge in [0.1, 0.15) is 0 Å². The predicted octanol–water partition coefficient (Wildman–Crippen LogP) is 2.04. The van der Waals surface area contributed by atoms with Crippen molar-refractivity contribution in [1.82, 2.24) is 15.2 Å². The number of aromatic nitrogens is 1. The van der Waals surface area contributed by atoms with Gasteiger partial charge in [-0.05, 0) is 42.3 Å². The Bertz CT molecular complexity index is 854. The quantitative estimate of drug-likeness (QED) is 0.575. The van der Waals surface area contributed by atoms with Crippen LogP contribution in [0, 0.1) is 0 Å². The molecule has 0 saturated carbocycles. The molecule has 0 atom stereocenters. The van der Waals surface area contributed by atoms with E-state index in [0.29, 0.717) is 42.9 Å². The van der Waals surface area contributed by atoms with Gasteiger partial charge in [-0.15, -0.1) is 0 Å². The minimum Gasteiger partial charge on any atom is -0.385 e. The van der Waals surface area contributed by atoms with Crippen LogP contribution in [0.25, 0.3) is 0 Å². The number of nitrogens with zero attached hydrogens (tertiary/aromatic N) is 2. The van der Waals surface area contributed by atoms with E-state index in [-0.39, 0.29) is 11.8 Å². The number of carbonyl (C=O) groups is 3. The molecule has 1 aromatic heterocycles. The van der Waals surface area contributed by atoms with Gasteiger partial charge in [0.25, 0.3) is 11.8 Å². The van der Waals surface area contributed by atoms with Crippen LogP contribution >= 0.6 is 0 Å². The molecule has 3 rings (SSSR count). The molecule has 140 valence electrons. The van der Waals surface area contributed by atoms with Crippen molar-refractivity contribution < 1.29 is 19.1 Å². The molecule has 2 heterocycles. The first kappa shape index (κ1) is 18.5. The maximum Gasteiger partial charge on any atom is 0.319 e. The molecule has 0 radical (unpaired) electrons. The summed E-state index contributed by atoms with van der Waals surface area (Å²) in [7, 11) is 1.57. The third-order valence-electron chi connectivity index (χ3n) is 4.16. The van der Waals surface area contributed by atoms with Gasteiger partial charge in [0.05, 0.1) is 11.1 Å². The summed E-state index contributed by atoms with van der Waals surface area (Å²) in [6, 6.07) is 7.90. The molecule has 4 amide bonds. The molecule has 1 aliphatic rings. The number of amides is 4. The Balaban J connectivity index is 1.62. The van der Waals surface area contributed by atoms with Gasteiger partial charge in [-0.1, -0.05) is 0 Å². The normalized spacial score (nSPS) is 12.9. The van der Waals surface area contributed by atoms with E-state index in [0.717, 1.165) is 5.56 Å². The predicted molar refractivity (Wildman–Crippen MR) is 98.4 cm³/mol. The molecule has 1 aliphatic heterocycles. The number of benzene rings is 1. The van der Waals surface area contributed by atoms with Crippen LogP contribution in [0.4, 0.5) is 10.5 Å². The number of nitrogens with one attached hydrogen (secondary N) is 2. The average Bonchev–Trinajstić information content (AvgIpc) is 2.92. The van der Waals surface area contributed by atoms with E-state index in [2.05, 4.69) is 15.6 Å². The van der Waals surface area contributed by atoms with Crippen LogP contribution in [0.1, 0.15) is 32.7 Å². The van der Waals surface area contributed by atoms with Gasteiger partial charge < -0.3 is 15.4 Å². The standard InChI is InChI=1S/C19H20N4O4/c1-27-10-2-9-23-17(24)15-4-3-14(11-16(15)18(23)25)22-19(26)21-12-13-5-7-20-8-6-13/h3-8,11H,2,9-10,12H2,1H3,(H2,21,22,26). The fraction of sp³-hybridized carbons (Fsp3) is 0.263. The third-order valence-corrected chi connectivity index (χ3v) is 4.16. The van der Waals surface area contributed by atoms with Crippen molar-refractivity contribution >= 4 is 23.5 Å². The lowest BCUT2D eigenvalue weighted by atomic mass is 10.1. The summed E-state index contributed by atoms with van der Waals surface area (Å²) in [4.78, 5) is 42.0. The molecule has 2 aromatic rings. The number of methoxy groups -OCH3 is 1. The smallest absolute Gasteiger partial charge is 0.319 e. The van der Waals surface area contributed by atoms with Crippen molar-refractivity contribution in [1.29, 1.82) is 0 Å². The molecule has 8 nitrogen and oxygen atoms in total. The van der Waals surface area contributed by atoms with Gasteiger partial charge >= 0.3 is 6.03 Å². The Hall–Kier alpha value is -3.26. The molecule has 0 aliphatic carbocycles. The Labute approximate surface area is 156 Å². The lowest BCUT2D eigenvalue weighted by Gasteiger charge is -2.12. The monoisotopic (exact) mass is 368 g/mol. The summed E-state index contributed by atoms with van der Waals surface area (Å²) < 4.78 is 4.96. The fourth-order valence-corrected chi connectivity index (χ4v) is 2.80. The lowest BCUT2D eigenvalue weighted by molar-refractivity contribution is 0.0638. The average molecular weight is 368 g/mol. The molecule has 27 heavy (non-hydrogen) atoms. The maximum absolute atomic E-state index is 12.5. The zero-order chi connectivity index (χ0) is 19.2. The number of rotatable bonds is 7. The minimum absolute atomic E-state index is 0.296. The lowest BCUT2D eigenvalue weighted by Crippen LogP contribution is -2.31. The molecule has 8 heteroatoms. The molecular weight excluding hydrogens is 348 g/mol. The highest BCUT2D eigenvalue weighted by atomic mass is 16.5. The van der Waals surface area contributed by atoms with Gasteiger partial charge in [0.15, 0.2) is 0 Å². The van der Waals surface area contributed by atoms with Crippen LogP contribution in [0.3, 0.4) is 0 Å². The molecule has 2 N–H and O–H groups in total. The molecule has 0 spiro atoms. The number of urea groups is 1. The van der Waals surface area contributed by atoms with Gasteiger partial charge in [-0.2, -0.15) is 0 Å². The van der Waals surface area contributed by atoms with Crippen molar-refractivity contribution in [2.75, 3.05) is 25.6 Å². The summed E-state index contributed by atoms with van der Waals surface area (Å²) in [5.41, 5.74) is 2.01. The number of hydrogen-bond donors (Lipinski definition) is 2. The first-order valence-corrected chi connectivity index (χ1v) is 8.53. The van der Waals surface area contributed by atoms with Crippen LogP contribution in [0.15, 0.2) is 42.7 Å². The maximum atomic E-state index is 12.5. The fourth-order valence-electron chi connectivity index (χ4n) is 2.80. The van der Waals surface area contributed by atoms with Crippen LogP contribution in [0.5, 0.6) is 0 Å². The van der Waals surface area contributed by atoms with E-state index in [9.17, 15) is 14.4 Å². The van der Waals surface area contributed by atoms with Gasteiger partial charge in [-0.3, -0.25) is 19.5 Å². The number of carbonyl (C=O) groups excluding carboxylic acids is 3. The van der Waals surface area contributed by atoms with Gasteiger partial charge in [-0.25, -0.2) is 4.79 Å². The Morgan fingerprint density at radius 3 is 2.59 bits per heavy atom. The largest absolute Gasteiger partial charge is 0.385 e. The van der Waals surface area contributed by atoms with E-state index in [1.165, 1.54) is 11.0 Å². The number of ether oxygens (including phenoxy) is 1. The van der Waals surface area contributed by atoms with Crippen molar-refractivity contribution in [3.8, 4) is 0 Å². The van der Waals surface area contributed by atoms with E-state index >= 15 is 0 Å². The second-order valence-electron chi connectivity index (χ2n) is 6.03. The third kappa shape index (κ3) is 4.29. The van der Waals surface area contributed by atoms with E-state index in [1.807, 2.05) is 0 Å². The SMILES string of the molecule is COCCCN1C(=O)c2ccc(NC(=O)NCc3ccncc3)cc2C1=O. The summed E-state index contributed by atoms with van der Waals surface area (Å²) in [5, 5.41) is 5.40.